The number of nitrogens with zero attached hydrogens (tertiary/aromatic N) is 2. The maximum atomic E-state index is 12.2. The molecular weight excluding hydrogens is 242 g/mol. The first-order valence-electron chi connectivity index (χ1n) is 6.54. The highest BCUT2D eigenvalue weighted by molar-refractivity contribution is 6.00. The van der Waals surface area contributed by atoms with Crippen LogP contribution in [0.3, 0.4) is 0 Å². The third kappa shape index (κ3) is 3.76. The Hall–Kier alpha value is -1.43. The number of rotatable bonds is 5. The monoisotopic (exact) mass is 263 g/mol. The predicted octanol–water partition coefficient (Wildman–Crippen LogP) is 0.630. The third-order valence-electron chi connectivity index (χ3n) is 3.37. The van der Waals surface area contributed by atoms with E-state index in [1.807, 2.05) is 18.2 Å². The van der Waals surface area contributed by atoms with Crippen molar-refractivity contribution in [3.8, 4) is 5.75 Å². The number of ketones is 1. The average molecular weight is 263 g/mol. The Balaban J connectivity index is 1.87. The minimum Gasteiger partial charge on any atom is -0.496 e. The molecule has 1 aliphatic rings. The molecule has 1 saturated heterocycles. The van der Waals surface area contributed by atoms with Gasteiger partial charge in [-0.1, -0.05) is 12.1 Å². The molecule has 19 heavy (non-hydrogen) atoms. The number of hydrogen-bond acceptors (Lipinski definition) is 5. The van der Waals surface area contributed by atoms with Gasteiger partial charge < -0.3 is 9.64 Å². The van der Waals surface area contributed by atoms with E-state index in [0.717, 1.165) is 26.2 Å². The number of ether oxygens (including phenoxy) is 1. The molecule has 0 saturated carbocycles. The molecule has 1 aliphatic heterocycles. The molecule has 1 aromatic carbocycles. The van der Waals surface area contributed by atoms with E-state index >= 15 is 0 Å². The van der Waals surface area contributed by atoms with Crippen LogP contribution in [0, 0.1) is 0 Å². The van der Waals surface area contributed by atoms with Gasteiger partial charge in [-0.3, -0.25) is 4.79 Å². The number of Topliss-reactive ketones (excluding diaryl/α,β-unsaturated/α-hetero) is 1. The van der Waals surface area contributed by atoms with Crippen molar-refractivity contribution in [2.24, 2.45) is 0 Å². The molecule has 104 valence electrons. The SMILES string of the molecule is COc1ccccc1C(=O)CNN1CCN(C)CC1. The quantitative estimate of drug-likeness (QED) is 0.790. The molecule has 0 bridgehead atoms. The topological polar surface area (TPSA) is 44.8 Å². The Morgan fingerprint density at radius 2 is 1.95 bits per heavy atom. The van der Waals surface area contributed by atoms with Crippen LogP contribution in [0.25, 0.3) is 0 Å². The van der Waals surface area contributed by atoms with E-state index in [1.165, 1.54) is 0 Å². The van der Waals surface area contributed by atoms with Crippen molar-refractivity contribution in [3.63, 3.8) is 0 Å². The lowest BCUT2D eigenvalue weighted by molar-refractivity contribution is 0.0836. The first kappa shape index (κ1) is 14.0. The average Bonchev–Trinajstić information content (AvgIpc) is 2.46. The number of hydrogen-bond donors (Lipinski definition) is 1. The second kappa shape index (κ2) is 6.65. The fourth-order valence-corrected chi connectivity index (χ4v) is 2.12. The molecule has 0 aliphatic carbocycles. The highest BCUT2D eigenvalue weighted by atomic mass is 16.5. The molecule has 1 fully saturated rings. The van der Waals surface area contributed by atoms with Crippen molar-refractivity contribution in [1.29, 1.82) is 0 Å². The molecule has 0 spiro atoms. The molecule has 0 amide bonds. The smallest absolute Gasteiger partial charge is 0.181 e. The van der Waals surface area contributed by atoms with Crippen LogP contribution in [0.4, 0.5) is 0 Å². The largest absolute Gasteiger partial charge is 0.496 e. The number of methoxy groups -OCH3 is 1. The minimum absolute atomic E-state index is 0.0522. The van der Waals surface area contributed by atoms with Crippen LogP contribution in [0.5, 0.6) is 5.75 Å². The third-order valence-corrected chi connectivity index (χ3v) is 3.37. The molecule has 0 aromatic heterocycles. The zero-order chi connectivity index (χ0) is 13.7. The summed E-state index contributed by atoms with van der Waals surface area (Å²) in [6.45, 7) is 4.24. The standard InChI is InChI=1S/C14H21N3O2/c1-16-7-9-17(10-8-16)15-11-13(18)12-5-3-4-6-14(12)19-2/h3-6,15H,7-11H2,1-2H3. The minimum atomic E-state index is 0.0522. The zero-order valence-electron chi connectivity index (χ0n) is 11.6. The number of para-hydroxylation sites is 1. The van der Waals surface area contributed by atoms with Crippen molar-refractivity contribution in [2.45, 2.75) is 0 Å². The van der Waals surface area contributed by atoms with Crippen molar-refractivity contribution in [1.82, 2.24) is 15.3 Å². The molecule has 2 rings (SSSR count). The van der Waals surface area contributed by atoms with Gasteiger partial charge in [0, 0.05) is 26.2 Å². The van der Waals surface area contributed by atoms with Gasteiger partial charge in [0.2, 0.25) is 0 Å². The first-order chi connectivity index (χ1) is 9.20. The lowest BCUT2D eigenvalue weighted by atomic mass is 10.1. The lowest BCUT2D eigenvalue weighted by Crippen LogP contribution is -2.51. The van der Waals surface area contributed by atoms with Crippen molar-refractivity contribution >= 4 is 5.78 Å². The van der Waals surface area contributed by atoms with Gasteiger partial charge >= 0.3 is 0 Å². The van der Waals surface area contributed by atoms with Crippen LogP contribution in [-0.2, 0) is 0 Å². The summed E-state index contributed by atoms with van der Waals surface area (Å²) in [7, 11) is 3.69. The fraction of sp³-hybridized carbons (Fsp3) is 0.500. The Kier molecular flexibility index (Phi) is 4.90. The molecule has 1 aromatic rings. The van der Waals surface area contributed by atoms with Crippen molar-refractivity contribution in [3.05, 3.63) is 29.8 Å². The Labute approximate surface area is 114 Å². The molecule has 1 heterocycles. The number of nitrogens with one attached hydrogen (secondary N) is 1. The van der Waals surface area contributed by atoms with Crippen molar-refractivity contribution < 1.29 is 9.53 Å². The highest BCUT2D eigenvalue weighted by Gasteiger charge is 2.16. The van der Waals surface area contributed by atoms with E-state index in [-0.39, 0.29) is 5.78 Å². The van der Waals surface area contributed by atoms with Gasteiger partial charge in [-0.25, -0.2) is 10.4 Å². The van der Waals surface area contributed by atoms with E-state index in [9.17, 15) is 4.79 Å². The van der Waals surface area contributed by atoms with Gasteiger partial charge in [0.15, 0.2) is 5.78 Å². The molecule has 0 unspecified atom stereocenters. The summed E-state index contributed by atoms with van der Waals surface area (Å²) in [6.07, 6.45) is 0. The number of carbonyl (C=O) groups excluding carboxylic acids is 1. The second-order valence-electron chi connectivity index (χ2n) is 4.75. The Bertz CT molecular complexity index is 428. The predicted molar refractivity (Wildman–Crippen MR) is 74.4 cm³/mol. The number of benzene rings is 1. The van der Waals surface area contributed by atoms with Gasteiger partial charge in [-0.15, -0.1) is 0 Å². The Morgan fingerprint density at radius 1 is 1.26 bits per heavy atom. The van der Waals surface area contributed by atoms with Crippen LogP contribution >= 0.6 is 0 Å². The molecule has 5 nitrogen and oxygen atoms in total. The van der Waals surface area contributed by atoms with Gasteiger partial charge in [0.05, 0.1) is 19.2 Å². The Morgan fingerprint density at radius 3 is 2.63 bits per heavy atom. The highest BCUT2D eigenvalue weighted by Crippen LogP contribution is 2.17. The fourth-order valence-electron chi connectivity index (χ4n) is 2.12. The van der Waals surface area contributed by atoms with Crippen LogP contribution in [0.2, 0.25) is 0 Å². The van der Waals surface area contributed by atoms with Gasteiger partial charge in [0.25, 0.3) is 0 Å². The van der Waals surface area contributed by atoms with E-state index < -0.39 is 0 Å². The summed E-state index contributed by atoms with van der Waals surface area (Å²) >= 11 is 0. The van der Waals surface area contributed by atoms with Crippen LogP contribution < -0.4 is 10.2 Å². The normalized spacial score (nSPS) is 17.4. The summed E-state index contributed by atoms with van der Waals surface area (Å²) in [5.41, 5.74) is 3.82. The van der Waals surface area contributed by atoms with E-state index in [2.05, 4.69) is 22.4 Å². The van der Waals surface area contributed by atoms with Crippen LogP contribution in [0.15, 0.2) is 24.3 Å². The van der Waals surface area contributed by atoms with Crippen LogP contribution in [-0.4, -0.2) is 62.6 Å². The van der Waals surface area contributed by atoms with E-state index in [1.54, 1.807) is 13.2 Å². The van der Waals surface area contributed by atoms with Gasteiger partial charge in [0.1, 0.15) is 5.75 Å². The van der Waals surface area contributed by atoms with Gasteiger partial charge in [-0.2, -0.15) is 0 Å². The summed E-state index contributed by atoms with van der Waals surface area (Å²) in [4.78, 5) is 14.4. The maximum absolute atomic E-state index is 12.2. The van der Waals surface area contributed by atoms with Gasteiger partial charge in [-0.05, 0) is 19.2 Å². The molecular formula is C14H21N3O2. The molecule has 5 heteroatoms. The summed E-state index contributed by atoms with van der Waals surface area (Å²) in [5.74, 6) is 0.684. The maximum Gasteiger partial charge on any atom is 0.181 e. The zero-order valence-corrected chi connectivity index (χ0v) is 11.6. The summed E-state index contributed by atoms with van der Waals surface area (Å²) in [6, 6.07) is 7.32. The second-order valence-corrected chi connectivity index (χ2v) is 4.75. The van der Waals surface area contributed by atoms with E-state index in [4.69, 9.17) is 4.74 Å². The number of piperazine rings is 1. The van der Waals surface area contributed by atoms with E-state index in [0.29, 0.717) is 17.9 Å². The van der Waals surface area contributed by atoms with Crippen molar-refractivity contribution in [2.75, 3.05) is 46.9 Å². The summed E-state index contributed by atoms with van der Waals surface area (Å²) < 4.78 is 5.20. The first-order valence-corrected chi connectivity index (χ1v) is 6.54. The number of likely N-dealkylation sites (N-methyl/N-ethyl adjacent to an activating group) is 1. The van der Waals surface area contributed by atoms with Crippen LogP contribution in [0.1, 0.15) is 10.4 Å². The molecule has 0 atom stereocenters. The number of hydrazine groups is 1. The summed E-state index contributed by atoms with van der Waals surface area (Å²) in [5, 5.41) is 2.10. The molecule has 1 N–H and O–H groups in total. The molecule has 0 radical (unpaired) electrons. The number of carbonyl (C=O) groups is 1. The lowest BCUT2D eigenvalue weighted by Gasteiger charge is -2.32.